The van der Waals surface area contributed by atoms with Crippen molar-refractivity contribution < 1.29 is 0 Å². The van der Waals surface area contributed by atoms with Crippen LogP contribution >= 0.6 is 23.1 Å². The highest BCUT2D eigenvalue weighted by atomic mass is 32.2. The van der Waals surface area contributed by atoms with Crippen molar-refractivity contribution in [1.82, 2.24) is 25.1 Å². The Morgan fingerprint density at radius 1 is 1.20 bits per heavy atom. The van der Waals surface area contributed by atoms with Crippen molar-refractivity contribution >= 4 is 45.1 Å². The Hall–Kier alpha value is -1.87. The molecule has 0 aliphatic heterocycles. The Labute approximate surface area is 123 Å². The van der Waals surface area contributed by atoms with E-state index >= 15 is 0 Å². The normalized spacial score (nSPS) is 11.3. The summed E-state index contributed by atoms with van der Waals surface area (Å²) in [6.45, 7) is 4.10. The second-order valence-corrected chi connectivity index (χ2v) is 6.43. The van der Waals surface area contributed by atoms with E-state index in [1.54, 1.807) is 11.3 Å². The molecule has 0 amide bonds. The number of H-pyrrole nitrogens is 1. The first-order chi connectivity index (χ1) is 9.54. The molecule has 0 bridgehead atoms. The zero-order valence-electron chi connectivity index (χ0n) is 11.0. The van der Waals surface area contributed by atoms with Crippen LogP contribution < -0.4 is 11.5 Å². The van der Waals surface area contributed by atoms with Crippen molar-refractivity contribution in [2.75, 3.05) is 11.5 Å². The monoisotopic (exact) mass is 307 g/mol. The summed E-state index contributed by atoms with van der Waals surface area (Å²) in [5, 5.41) is 8.07. The predicted molar refractivity (Wildman–Crippen MR) is 81.7 cm³/mol. The van der Waals surface area contributed by atoms with E-state index in [0.29, 0.717) is 28.5 Å². The minimum absolute atomic E-state index is 0.299. The summed E-state index contributed by atoms with van der Waals surface area (Å²) in [6.07, 6.45) is 0. The first-order valence-corrected chi connectivity index (χ1v) is 7.67. The van der Waals surface area contributed by atoms with Gasteiger partial charge in [-0.15, -0.1) is 16.4 Å². The van der Waals surface area contributed by atoms with Crippen LogP contribution in [0.2, 0.25) is 0 Å². The third-order valence-electron chi connectivity index (χ3n) is 2.92. The van der Waals surface area contributed by atoms with Crippen LogP contribution in [-0.2, 0) is 5.75 Å². The largest absolute Gasteiger partial charge is 0.383 e. The first-order valence-electron chi connectivity index (χ1n) is 5.87. The number of hydrogen-bond donors (Lipinski definition) is 3. The van der Waals surface area contributed by atoms with E-state index in [0.717, 1.165) is 15.8 Å². The fourth-order valence-corrected chi connectivity index (χ4v) is 3.56. The van der Waals surface area contributed by atoms with E-state index in [-0.39, 0.29) is 0 Å². The topological polar surface area (TPSA) is 119 Å². The van der Waals surface area contributed by atoms with Crippen LogP contribution in [-0.4, -0.2) is 25.1 Å². The Balaban J connectivity index is 1.89. The molecule has 3 aromatic rings. The Morgan fingerprint density at radius 2 is 2.00 bits per heavy atom. The van der Waals surface area contributed by atoms with Gasteiger partial charge >= 0.3 is 0 Å². The molecule has 0 fully saturated rings. The minimum atomic E-state index is 0.299. The molecule has 0 aromatic carbocycles. The molecule has 0 spiro atoms. The highest BCUT2D eigenvalue weighted by Gasteiger charge is 2.13. The summed E-state index contributed by atoms with van der Waals surface area (Å²) >= 11 is 3.05. The number of nitrogen functional groups attached to an aromatic ring is 2. The van der Waals surface area contributed by atoms with Gasteiger partial charge in [-0.25, -0.2) is 15.1 Å². The number of aryl methyl sites for hydroxylation is 2. The van der Waals surface area contributed by atoms with Crippen LogP contribution in [0.4, 0.5) is 11.8 Å². The van der Waals surface area contributed by atoms with Crippen molar-refractivity contribution in [2.45, 2.75) is 24.8 Å². The molecule has 0 saturated heterocycles. The van der Waals surface area contributed by atoms with Crippen LogP contribution in [0.5, 0.6) is 0 Å². The van der Waals surface area contributed by atoms with Crippen LogP contribution in [0.25, 0.3) is 10.2 Å². The summed E-state index contributed by atoms with van der Waals surface area (Å²) < 4.78 is 0. The first kappa shape index (κ1) is 13.1. The van der Waals surface area contributed by atoms with Gasteiger partial charge in [-0.3, -0.25) is 0 Å². The zero-order chi connectivity index (χ0) is 14.3. The number of rotatable bonds is 3. The van der Waals surface area contributed by atoms with Gasteiger partial charge in [0.1, 0.15) is 16.5 Å². The Kier molecular flexibility index (Phi) is 3.22. The van der Waals surface area contributed by atoms with Gasteiger partial charge in [0.25, 0.3) is 0 Å². The molecule has 20 heavy (non-hydrogen) atoms. The Morgan fingerprint density at radius 3 is 2.70 bits per heavy atom. The Bertz CT molecular complexity index is 777. The molecule has 0 saturated carbocycles. The number of nitrogens with zero attached hydrogens (tertiary/aromatic N) is 4. The smallest absolute Gasteiger partial charge is 0.216 e. The van der Waals surface area contributed by atoms with Crippen molar-refractivity contribution in [1.29, 1.82) is 0 Å². The number of anilines is 2. The third-order valence-corrected chi connectivity index (χ3v) is 4.86. The van der Waals surface area contributed by atoms with Gasteiger partial charge in [0.2, 0.25) is 11.1 Å². The molecule has 9 heteroatoms. The van der Waals surface area contributed by atoms with Crippen LogP contribution in [0, 0.1) is 13.8 Å². The van der Waals surface area contributed by atoms with Gasteiger partial charge in [0.15, 0.2) is 0 Å². The zero-order valence-corrected chi connectivity index (χ0v) is 12.6. The number of nitrogens with one attached hydrogen (secondary N) is 1. The van der Waals surface area contributed by atoms with E-state index in [2.05, 4.69) is 32.1 Å². The van der Waals surface area contributed by atoms with Gasteiger partial charge in [0.05, 0.1) is 11.1 Å². The van der Waals surface area contributed by atoms with Gasteiger partial charge in [-0.05, 0) is 19.4 Å². The van der Waals surface area contributed by atoms with E-state index in [1.165, 1.54) is 16.6 Å². The molecular formula is C11H13N7S2. The summed E-state index contributed by atoms with van der Waals surface area (Å²) in [6, 6.07) is 0. The lowest BCUT2D eigenvalue weighted by Gasteiger charge is -2.01. The minimum Gasteiger partial charge on any atom is -0.383 e. The second-order valence-electron chi connectivity index (χ2n) is 4.28. The molecule has 7 nitrogen and oxygen atoms in total. The lowest BCUT2D eigenvalue weighted by molar-refractivity contribution is 0.968. The van der Waals surface area contributed by atoms with E-state index in [9.17, 15) is 0 Å². The highest BCUT2D eigenvalue weighted by Crippen LogP contribution is 2.32. The predicted octanol–water partition coefficient (Wildman–Crippen LogP) is 1.88. The average Bonchev–Trinajstić information content (AvgIpc) is 2.92. The second kappa shape index (κ2) is 4.91. The van der Waals surface area contributed by atoms with Crippen molar-refractivity contribution in [3.63, 3.8) is 0 Å². The van der Waals surface area contributed by atoms with Crippen LogP contribution in [0.15, 0.2) is 5.16 Å². The van der Waals surface area contributed by atoms with Gasteiger partial charge in [-0.2, -0.15) is 4.98 Å². The van der Waals surface area contributed by atoms with Crippen molar-refractivity contribution in [3.05, 3.63) is 16.3 Å². The molecule has 0 atom stereocenters. The number of fused-ring (bicyclic) bond motifs is 1. The van der Waals surface area contributed by atoms with Crippen LogP contribution in [0.1, 0.15) is 16.3 Å². The van der Waals surface area contributed by atoms with Gasteiger partial charge in [-0.1, -0.05) is 11.8 Å². The van der Waals surface area contributed by atoms with Crippen molar-refractivity contribution in [2.24, 2.45) is 0 Å². The molecule has 104 valence electrons. The highest BCUT2D eigenvalue weighted by molar-refractivity contribution is 7.98. The fraction of sp³-hybridized carbons (Fsp3) is 0.273. The lowest BCUT2D eigenvalue weighted by Crippen LogP contribution is -1.99. The van der Waals surface area contributed by atoms with E-state index in [4.69, 9.17) is 11.5 Å². The number of thiophene rings is 1. The number of aromatic amines is 1. The number of thioether (sulfide) groups is 1. The summed E-state index contributed by atoms with van der Waals surface area (Å²) in [5.74, 6) is 2.05. The summed E-state index contributed by atoms with van der Waals surface area (Å²) in [5.41, 5.74) is 12.7. The number of aromatic nitrogens is 5. The standard InChI is InChI=1S/C11H13N7S2/c1-4-5(2)20-9-7(4)8(12)14-6(15-9)3-19-11-16-10(13)17-18-11/h3H2,1-2H3,(H2,12,14,15)(H3,13,16,17,18). The molecule has 3 aromatic heterocycles. The maximum absolute atomic E-state index is 6.03. The van der Waals surface area contributed by atoms with Crippen LogP contribution in [0.3, 0.4) is 0 Å². The quantitative estimate of drug-likeness (QED) is 0.632. The molecule has 0 radical (unpaired) electrons. The molecule has 0 unspecified atom stereocenters. The lowest BCUT2D eigenvalue weighted by atomic mass is 10.2. The van der Waals surface area contributed by atoms with E-state index < -0.39 is 0 Å². The number of nitrogens with two attached hydrogens (primary N) is 2. The molecule has 3 heterocycles. The fourth-order valence-electron chi connectivity index (χ4n) is 1.84. The van der Waals surface area contributed by atoms with Gasteiger partial charge in [0, 0.05) is 4.88 Å². The van der Waals surface area contributed by atoms with Gasteiger partial charge < -0.3 is 11.5 Å². The number of hydrogen-bond acceptors (Lipinski definition) is 8. The molecule has 0 aliphatic rings. The molecule has 5 N–H and O–H groups in total. The summed E-state index contributed by atoms with van der Waals surface area (Å²) in [4.78, 5) is 15.1. The maximum atomic E-state index is 6.03. The van der Waals surface area contributed by atoms with E-state index in [1.807, 2.05) is 6.92 Å². The molecule has 0 aliphatic carbocycles. The maximum Gasteiger partial charge on any atom is 0.216 e. The SMILES string of the molecule is Cc1sc2nc(CSc3n[nH]c(N)n3)nc(N)c2c1C. The average molecular weight is 307 g/mol. The summed E-state index contributed by atoms with van der Waals surface area (Å²) in [7, 11) is 0. The van der Waals surface area contributed by atoms with Crippen molar-refractivity contribution in [3.8, 4) is 0 Å². The molecule has 3 rings (SSSR count). The molecular weight excluding hydrogens is 294 g/mol. The third kappa shape index (κ3) is 2.29.